The molecule has 0 aliphatic rings. The average Bonchev–Trinajstić information content (AvgIpc) is 2.27. The molecular formula is C11H17FN2O. The molecule has 0 radical (unpaired) electrons. The summed E-state index contributed by atoms with van der Waals surface area (Å²) in [5.41, 5.74) is 0.123. The lowest BCUT2D eigenvalue weighted by Crippen LogP contribution is -2.45. The van der Waals surface area contributed by atoms with Gasteiger partial charge < -0.3 is 10.4 Å². The number of pyridine rings is 1. The Morgan fingerprint density at radius 3 is 2.60 bits per heavy atom. The van der Waals surface area contributed by atoms with Gasteiger partial charge >= 0.3 is 0 Å². The molecule has 0 aromatic carbocycles. The molecule has 2 N–H and O–H groups in total. The highest BCUT2D eigenvalue weighted by molar-refractivity contribution is 5.16. The SMILES string of the molecule is CCNC(CC)(CO)c1ccc(F)cn1. The van der Waals surface area contributed by atoms with Crippen LogP contribution in [0, 0.1) is 5.82 Å². The van der Waals surface area contributed by atoms with Crippen LogP contribution in [0.5, 0.6) is 0 Å². The Hall–Kier alpha value is -1.00. The fourth-order valence-corrected chi connectivity index (χ4v) is 1.64. The zero-order valence-corrected chi connectivity index (χ0v) is 9.13. The van der Waals surface area contributed by atoms with Gasteiger partial charge in [-0.2, -0.15) is 0 Å². The van der Waals surface area contributed by atoms with Gasteiger partial charge in [-0.25, -0.2) is 4.39 Å². The number of hydrogen-bond acceptors (Lipinski definition) is 3. The minimum absolute atomic E-state index is 0.0457. The smallest absolute Gasteiger partial charge is 0.141 e. The molecule has 0 aliphatic carbocycles. The second-order valence-electron chi connectivity index (χ2n) is 3.49. The number of hydrogen-bond donors (Lipinski definition) is 2. The van der Waals surface area contributed by atoms with Crippen molar-refractivity contribution in [3.63, 3.8) is 0 Å². The predicted octanol–water partition coefficient (Wildman–Crippen LogP) is 1.43. The second kappa shape index (κ2) is 5.19. The molecule has 4 heteroatoms. The van der Waals surface area contributed by atoms with Crippen molar-refractivity contribution in [1.29, 1.82) is 0 Å². The third-order valence-corrected chi connectivity index (χ3v) is 2.61. The van der Waals surface area contributed by atoms with Crippen molar-refractivity contribution in [3.8, 4) is 0 Å². The first-order valence-electron chi connectivity index (χ1n) is 5.16. The van der Waals surface area contributed by atoms with Gasteiger partial charge in [0.25, 0.3) is 0 Å². The highest BCUT2D eigenvalue weighted by atomic mass is 19.1. The van der Waals surface area contributed by atoms with E-state index in [-0.39, 0.29) is 12.4 Å². The summed E-state index contributed by atoms with van der Waals surface area (Å²) in [4.78, 5) is 4.01. The Morgan fingerprint density at radius 2 is 2.20 bits per heavy atom. The van der Waals surface area contributed by atoms with Gasteiger partial charge in [0.15, 0.2) is 0 Å². The van der Waals surface area contributed by atoms with Gasteiger partial charge in [0.1, 0.15) is 5.82 Å². The van der Waals surface area contributed by atoms with Gasteiger partial charge in [0.2, 0.25) is 0 Å². The van der Waals surface area contributed by atoms with E-state index in [9.17, 15) is 9.50 Å². The monoisotopic (exact) mass is 212 g/mol. The Labute approximate surface area is 89.4 Å². The van der Waals surface area contributed by atoms with Gasteiger partial charge in [-0.1, -0.05) is 13.8 Å². The van der Waals surface area contributed by atoms with E-state index in [0.717, 1.165) is 6.54 Å². The first-order chi connectivity index (χ1) is 7.18. The van der Waals surface area contributed by atoms with Crippen LogP contribution in [0.3, 0.4) is 0 Å². The average molecular weight is 212 g/mol. The lowest BCUT2D eigenvalue weighted by molar-refractivity contribution is 0.153. The molecule has 84 valence electrons. The third kappa shape index (κ3) is 2.52. The molecule has 1 unspecified atom stereocenters. The fraction of sp³-hybridized carbons (Fsp3) is 0.545. The molecule has 1 aromatic heterocycles. The molecule has 15 heavy (non-hydrogen) atoms. The minimum atomic E-state index is -0.553. The number of rotatable bonds is 5. The Kier molecular flexibility index (Phi) is 4.17. The summed E-state index contributed by atoms with van der Waals surface area (Å²) in [6.45, 7) is 4.61. The molecule has 0 saturated carbocycles. The number of nitrogens with zero attached hydrogens (tertiary/aromatic N) is 1. The molecule has 1 heterocycles. The quantitative estimate of drug-likeness (QED) is 0.776. The number of aromatic nitrogens is 1. The van der Waals surface area contributed by atoms with Crippen LogP contribution in [0.1, 0.15) is 26.0 Å². The van der Waals surface area contributed by atoms with Crippen molar-refractivity contribution in [2.24, 2.45) is 0 Å². The number of aliphatic hydroxyl groups excluding tert-OH is 1. The van der Waals surface area contributed by atoms with E-state index in [1.54, 1.807) is 6.07 Å². The van der Waals surface area contributed by atoms with Crippen molar-refractivity contribution >= 4 is 0 Å². The normalized spacial score (nSPS) is 14.9. The summed E-state index contributed by atoms with van der Waals surface area (Å²) in [7, 11) is 0. The molecule has 0 aliphatic heterocycles. The highest BCUT2D eigenvalue weighted by Gasteiger charge is 2.29. The summed E-state index contributed by atoms with van der Waals surface area (Å²) in [5.74, 6) is -0.363. The van der Waals surface area contributed by atoms with Crippen molar-refractivity contribution in [2.45, 2.75) is 25.8 Å². The number of likely N-dealkylation sites (N-methyl/N-ethyl adjacent to an activating group) is 1. The van der Waals surface area contributed by atoms with E-state index < -0.39 is 5.54 Å². The molecule has 0 bridgehead atoms. The van der Waals surface area contributed by atoms with E-state index in [4.69, 9.17) is 0 Å². The molecule has 3 nitrogen and oxygen atoms in total. The molecule has 1 rings (SSSR count). The van der Waals surface area contributed by atoms with E-state index in [0.29, 0.717) is 12.1 Å². The molecule has 1 aromatic rings. The predicted molar refractivity (Wildman–Crippen MR) is 56.9 cm³/mol. The zero-order valence-electron chi connectivity index (χ0n) is 9.13. The Morgan fingerprint density at radius 1 is 1.47 bits per heavy atom. The summed E-state index contributed by atoms with van der Waals surface area (Å²) in [6, 6.07) is 2.97. The van der Waals surface area contributed by atoms with Crippen molar-refractivity contribution in [1.82, 2.24) is 10.3 Å². The van der Waals surface area contributed by atoms with E-state index >= 15 is 0 Å². The van der Waals surface area contributed by atoms with Gasteiger partial charge in [-0.05, 0) is 25.1 Å². The number of halogens is 1. The van der Waals surface area contributed by atoms with Crippen LogP contribution in [0.25, 0.3) is 0 Å². The van der Waals surface area contributed by atoms with Crippen molar-refractivity contribution in [3.05, 3.63) is 29.8 Å². The lowest BCUT2D eigenvalue weighted by atomic mass is 9.92. The Balaban J connectivity index is 3.02. The van der Waals surface area contributed by atoms with Crippen LogP contribution < -0.4 is 5.32 Å². The first-order valence-corrected chi connectivity index (χ1v) is 5.16. The second-order valence-corrected chi connectivity index (χ2v) is 3.49. The van der Waals surface area contributed by atoms with Crippen LogP contribution in [0.2, 0.25) is 0 Å². The molecular weight excluding hydrogens is 195 g/mol. The summed E-state index contributed by atoms with van der Waals surface area (Å²) < 4.78 is 12.7. The largest absolute Gasteiger partial charge is 0.394 e. The summed E-state index contributed by atoms with van der Waals surface area (Å²) in [5, 5.41) is 12.6. The molecule has 0 fully saturated rings. The van der Waals surface area contributed by atoms with E-state index in [1.807, 2.05) is 13.8 Å². The summed E-state index contributed by atoms with van der Waals surface area (Å²) in [6.07, 6.45) is 1.88. The maximum atomic E-state index is 12.7. The topological polar surface area (TPSA) is 45.1 Å². The van der Waals surface area contributed by atoms with Gasteiger partial charge in [-0.15, -0.1) is 0 Å². The van der Waals surface area contributed by atoms with E-state index in [1.165, 1.54) is 12.3 Å². The molecule has 0 spiro atoms. The van der Waals surface area contributed by atoms with Crippen molar-refractivity contribution in [2.75, 3.05) is 13.2 Å². The number of aliphatic hydroxyl groups is 1. The van der Waals surface area contributed by atoms with Crippen LogP contribution in [-0.4, -0.2) is 23.2 Å². The van der Waals surface area contributed by atoms with E-state index in [2.05, 4.69) is 10.3 Å². The maximum absolute atomic E-state index is 12.7. The van der Waals surface area contributed by atoms with Crippen LogP contribution in [0.4, 0.5) is 4.39 Å². The van der Waals surface area contributed by atoms with Gasteiger partial charge in [0, 0.05) is 0 Å². The summed E-state index contributed by atoms with van der Waals surface area (Å²) >= 11 is 0. The van der Waals surface area contributed by atoms with Gasteiger partial charge in [-0.3, -0.25) is 4.98 Å². The maximum Gasteiger partial charge on any atom is 0.141 e. The minimum Gasteiger partial charge on any atom is -0.394 e. The lowest BCUT2D eigenvalue weighted by Gasteiger charge is -2.31. The fourth-order valence-electron chi connectivity index (χ4n) is 1.64. The molecule has 1 atom stereocenters. The standard InChI is InChI=1S/C11H17FN2O/c1-3-11(8-15,14-4-2)10-6-5-9(12)7-13-10/h5-7,14-15H,3-4,8H2,1-2H3. The van der Waals surface area contributed by atoms with Crippen molar-refractivity contribution < 1.29 is 9.50 Å². The Bertz CT molecular complexity index is 296. The van der Waals surface area contributed by atoms with Crippen LogP contribution >= 0.6 is 0 Å². The van der Waals surface area contributed by atoms with Crippen LogP contribution in [-0.2, 0) is 5.54 Å². The molecule has 0 saturated heterocycles. The zero-order chi connectivity index (χ0) is 11.3. The highest BCUT2D eigenvalue weighted by Crippen LogP contribution is 2.22. The van der Waals surface area contributed by atoms with Crippen LogP contribution in [0.15, 0.2) is 18.3 Å². The third-order valence-electron chi connectivity index (χ3n) is 2.61. The number of nitrogens with one attached hydrogen (secondary N) is 1. The molecule has 0 amide bonds. The first kappa shape index (κ1) is 12.1. The van der Waals surface area contributed by atoms with Gasteiger partial charge in [0.05, 0.1) is 24.0 Å².